The smallest absolute Gasteiger partial charge is 0.269 e. The number of pyridine rings is 2. The zero-order chi connectivity index (χ0) is 26.6. The summed E-state index contributed by atoms with van der Waals surface area (Å²) in [6, 6.07) is 22.5. The van der Waals surface area contributed by atoms with E-state index in [0.29, 0.717) is 22.6 Å². The van der Waals surface area contributed by atoms with Crippen LogP contribution < -0.4 is 10.6 Å². The van der Waals surface area contributed by atoms with E-state index in [1.807, 2.05) is 63.2 Å². The van der Waals surface area contributed by atoms with Crippen molar-refractivity contribution in [2.45, 2.75) is 26.2 Å². The molecule has 0 radical (unpaired) electrons. The largest absolute Gasteiger partial charge is 0.354 e. The van der Waals surface area contributed by atoms with Crippen molar-refractivity contribution in [1.82, 2.24) is 15.3 Å². The Morgan fingerprint density at radius 2 is 1.65 bits per heavy atom. The van der Waals surface area contributed by atoms with Crippen molar-refractivity contribution in [3.8, 4) is 28.5 Å². The van der Waals surface area contributed by atoms with Crippen LogP contribution in [0.15, 0.2) is 79.1 Å². The number of hydrogen-bond acceptors (Lipinski definition) is 5. The van der Waals surface area contributed by atoms with E-state index < -0.39 is 5.41 Å². The van der Waals surface area contributed by atoms with Crippen molar-refractivity contribution < 1.29 is 9.59 Å². The second kappa shape index (κ2) is 10.4. The molecule has 184 valence electrons. The normalized spacial score (nSPS) is 10.9. The van der Waals surface area contributed by atoms with E-state index in [-0.39, 0.29) is 11.8 Å². The van der Waals surface area contributed by atoms with Gasteiger partial charge in [-0.3, -0.25) is 19.6 Å². The van der Waals surface area contributed by atoms with Crippen molar-refractivity contribution >= 4 is 17.5 Å². The fraction of sp³-hybridized carbons (Fsp3) is 0.167. The maximum absolute atomic E-state index is 13.0. The molecule has 4 rings (SSSR count). The van der Waals surface area contributed by atoms with Crippen LogP contribution in [0.2, 0.25) is 0 Å². The Balaban J connectivity index is 1.63. The molecule has 2 aromatic heterocycles. The third kappa shape index (κ3) is 5.54. The fourth-order valence-corrected chi connectivity index (χ4v) is 3.93. The van der Waals surface area contributed by atoms with Gasteiger partial charge in [-0.25, -0.2) is 0 Å². The van der Waals surface area contributed by atoms with E-state index in [2.05, 4.69) is 26.7 Å². The average molecular weight is 490 g/mol. The second-order valence-corrected chi connectivity index (χ2v) is 9.24. The predicted molar refractivity (Wildman–Crippen MR) is 144 cm³/mol. The number of rotatable bonds is 6. The lowest BCUT2D eigenvalue weighted by atomic mass is 9.85. The van der Waals surface area contributed by atoms with Crippen LogP contribution in [-0.4, -0.2) is 28.8 Å². The Morgan fingerprint density at radius 3 is 2.41 bits per heavy atom. The maximum atomic E-state index is 13.0. The summed E-state index contributed by atoms with van der Waals surface area (Å²) in [5.41, 5.74) is 5.93. The summed E-state index contributed by atoms with van der Waals surface area (Å²) in [6.45, 7) is 5.65. The van der Waals surface area contributed by atoms with Crippen molar-refractivity contribution in [2.75, 3.05) is 12.4 Å². The Bertz CT molecular complexity index is 1540. The van der Waals surface area contributed by atoms with Crippen LogP contribution in [0.4, 0.5) is 5.69 Å². The molecule has 4 aromatic rings. The molecule has 0 spiro atoms. The van der Waals surface area contributed by atoms with E-state index in [1.54, 1.807) is 43.7 Å². The molecule has 2 amide bonds. The maximum Gasteiger partial charge on any atom is 0.269 e. The van der Waals surface area contributed by atoms with Gasteiger partial charge in [-0.15, -0.1) is 0 Å². The molecule has 0 unspecified atom stereocenters. The number of nitrogens with zero attached hydrogens (tertiary/aromatic N) is 3. The number of hydrogen-bond donors (Lipinski definition) is 2. The van der Waals surface area contributed by atoms with E-state index in [9.17, 15) is 14.9 Å². The van der Waals surface area contributed by atoms with Crippen molar-refractivity contribution in [1.29, 1.82) is 5.26 Å². The third-order valence-corrected chi connectivity index (χ3v) is 6.21. The van der Waals surface area contributed by atoms with Gasteiger partial charge >= 0.3 is 0 Å². The van der Waals surface area contributed by atoms with Gasteiger partial charge in [0, 0.05) is 36.3 Å². The van der Waals surface area contributed by atoms with Crippen LogP contribution in [0.5, 0.6) is 0 Å². The Morgan fingerprint density at radius 1 is 0.892 bits per heavy atom. The number of nitrogens with one attached hydrogen (secondary N) is 2. The van der Waals surface area contributed by atoms with Crippen molar-refractivity contribution in [2.24, 2.45) is 0 Å². The standard InChI is InChI=1S/C30H27N5O2/c1-19-8-9-24(35-28(36)22-6-5-7-23(14-22)30(2,3)18-31)17-25(19)20-10-12-33-26(15-20)21-11-13-34-27(16-21)29(37)32-4/h5-17H,1-4H3,(H,32,37)(H,35,36). The van der Waals surface area contributed by atoms with Crippen LogP contribution in [0, 0.1) is 18.3 Å². The first-order valence-electron chi connectivity index (χ1n) is 11.8. The number of nitriles is 1. The molecule has 0 fully saturated rings. The van der Waals surface area contributed by atoms with Crippen molar-refractivity contribution in [3.63, 3.8) is 0 Å². The predicted octanol–water partition coefficient (Wildman–Crippen LogP) is 5.53. The van der Waals surface area contributed by atoms with Gasteiger partial charge in [0.15, 0.2) is 0 Å². The molecule has 7 heteroatoms. The molecular weight excluding hydrogens is 462 g/mol. The van der Waals surface area contributed by atoms with E-state index in [0.717, 1.165) is 27.8 Å². The van der Waals surface area contributed by atoms with E-state index in [4.69, 9.17) is 0 Å². The minimum atomic E-state index is -0.692. The third-order valence-electron chi connectivity index (χ3n) is 6.21. The van der Waals surface area contributed by atoms with Crippen LogP contribution in [0.3, 0.4) is 0 Å². The molecule has 0 saturated heterocycles. The minimum absolute atomic E-state index is 0.251. The van der Waals surface area contributed by atoms with E-state index in [1.165, 1.54) is 0 Å². The van der Waals surface area contributed by atoms with Gasteiger partial charge in [0.1, 0.15) is 5.69 Å². The quantitative estimate of drug-likeness (QED) is 0.370. The minimum Gasteiger partial charge on any atom is -0.354 e. The number of carbonyl (C=O) groups excluding carboxylic acids is 2. The number of aryl methyl sites for hydroxylation is 1. The number of benzene rings is 2. The SMILES string of the molecule is CNC(=O)c1cc(-c2cc(-c3cc(NC(=O)c4cccc(C(C)(C)C#N)c4)ccc3C)ccn2)ccn1. The molecule has 2 aromatic carbocycles. The fourth-order valence-electron chi connectivity index (χ4n) is 3.93. The van der Waals surface area contributed by atoms with Crippen LogP contribution in [0.1, 0.15) is 45.8 Å². The monoisotopic (exact) mass is 489 g/mol. The zero-order valence-corrected chi connectivity index (χ0v) is 21.2. The van der Waals surface area contributed by atoms with Gasteiger partial charge in [-0.1, -0.05) is 18.2 Å². The Hall–Kier alpha value is -4.83. The second-order valence-electron chi connectivity index (χ2n) is 9.24. The molecule has 37 heavy (non-hydrogen) atoms. The highest BCUT2D eigenvalue weighted by Crippen LogP contribution is 2.30. The van der Waals surface area contributed by atoms with Gasteiger partial charge in [0.2, 0.25) is 0 Å². The van der Waals surface area contributed by atoms with Crippen LogP contribution in [0.25, 0.3) is 22.4 Å². The first-order valence-corrected chi connectivity index (χ1v) is 11.8. The molecule has 0 aliphatic heterocycles. The molecule has 0 bridgehead atoms. The summed E-state index contributed by atoms with van der Waals surface area (Å²) in [7, 11) is 1.56. The summed E-state index contributed by atoms with van der Waals surface area (Å²) in [4.78, 5) is 33.6. The lowest BCUT2D eigenvalue weighted by molar-refractivity contribution is 0.0957. The van der Waals surface area contributed by atoms with Gasteiger partial charge in [0.05, 0.1) is 17.2 Å². The molecule has 7 nitrogen and oxygen atoms in total. The highest BCUT2D eigenvalue weighted by atomic mass is 16.2. The summed E-state index contributed by atoms with van der Waals surface area (Å²) < 4.78 is 0. The average Bonchev–Trinajstić information content (AvgIpc) is 2.93. The molecular formula is C30H27N5O2. The zero-order valence-electron chi connectivity index (χ0n) is 21.2. The lowest BCUT2D eigenvalue weighted by Crippen LogP contribution is -2.19. The summed E-state index contributed by atoms with van der Waals surface area (Å²) in [6.07, 6.45) is 3.31. The van der Waals surface area contributed by atoms with E-state index >= 15 is 0 Å². The number of carbonyl (C=O) groups is 2. The topological polar surface area (TPSA) is 108 Å². The summed E-state index contributed by atoms with van der Waals surface area (Å²) in [5.74, 6) is -0.515. The Kier molecular flexibility index (Phi) is 7.12. The molecule has 0 aliphatic carbocycles. The van der Waals surface area contributed by atoms with Gasteiger partial charge in [0.25, 0.3) is 11.8 Å². The molecule has 0 aliphatic rings. The van der Waals surface area contributed by atoms with Gasteiger partial charge in [-0.05, 0) is 91.6 Å². The molecule has 0 atom stereocenters. The first kappa shape index (κ1) is 25.3. The Labute approximate surface area is 216 Å². The lowest BCUT2D eigenvalue weighted by Gasteiger charge is -2.17. The van der Waals surface area contributed by atoms with Crippen molar-refractivity contribution in [3.05, 3.63) is 102 Å². The van der Waals surface area contributed by atoms with Crippen LogP contribution >= 0.6 is 0 Å². The first-order chi connectivity index (χ1) is 17.7. The number of aromatic nitrogens is 2. The molecule has 2 heterocycles. The van der Waals surface area contributed by atoms with Gasteiger partial charge < -0.3 is 10.6 Å². The number of amides is 2. The summed E-state index contributed by atoms with van der Waals surface area (Å²) in [5, 5.41) is 15.0. The molecule has 2 N–H and O–H groups in total. The summed E-state index contributed by atoms with van der Waals surface area (Å²) >= 11 is 0. The highest BCUT2D eigenvalue weighted by Gasteiger charge is 2.21. The van der Waals surface area contributed by atoms with Crippen LogP contribution in [-0.2, 0) is 5.41 Å². The van der Waals surface area contributed by atoms with Gasteiger partial charge in [-0.2, -0.15) is 5.26 Å². The highest BCUT2D eigenvalue weighted by molar-refractivity contribution is 6.04. The molecule has 0 saturated carbocycles. The number of anilines is 1.